The summed E-state index contributed by atoms with van der Waals surface area (Å²) in [4.78, 5) is 17.0. The smallest absolute Gasteiger partial charge is 0.246 e. The SMILES string of the molecule is COc1ccc(N2C[C@H](N3[C@H](c4ccccc4)COC3(C)C)C2=O)cc1. The lowest BCUT2D eigenvalue weighted by atomic mass is 9.97. The Kier molecular flexibility index (Phi) is 4.21. The van der Waals surface area contributed by atoms with Crippen LogP contribution < -0.4 is 9.64 Å². The molecule has 5 heteroatoms. The van der Waals surface area contributed by atoms with E-state index >= 15 is 0 Å². The lowest BCUT2D eigenvalue weighted by molar-refractivity contribution is -0.140. The molecule has 0 radical (unpaired) electrons. The molecule has 26 heavy (non-hydrogen) atoms. The highest BCUT2D eigenvalue weighted by molar-refractivity contribution is 6.04. The van der Waals surface area contributed by atoms with Crippen LogP contribution in [0.1, 0.15) is 25.5 Å². The van der Waals surface area contributed by atoms with Crippen LogP contribution in [0.25, 0.3) is 0 Å². The molecule has 2 atom stereocenters. The number of hydrogen-bond acceptors (Lipinski definition) is 4. The number of ether oxygens (including phenoxy) is 2. The van der Waals surface area contributed by atoms with Crippen LogP contribution in [0.15, 0.2) is 54.6 Å². The zero-order chi connectivity index (χ0) is 18.3. The summed E-state index contributed by atoms with van der Waals surface area (Å²) in [5.74, 6) is 0.908. The quantitative estimate of drug-likeness (QED) is 0.793. The molecule has 0 saturated carbocycles. The Balaban J connectivity index is 1.55. The van der Waals surface area contributed by atoms with Gasteiger partial charge in [0.25, 0.3) is 0 Å². The van der Waals surface area contributed by atoms with Gasteiger partial charge in [0.1, 0.15) is 17.5 Å². The fraction of sp³-hybridized carbons (Fsp3) is 0.381. The van der Waals surface area contributed by atoms with Crippen molar-refractivity contribution in [3.63, 3.8) is 0 Å². The van der Waals surface area contributed by atoms with Crippen molar-refractivity contribution in [2.24, 2.45) is 0 Å². The van der Waals surface area contributed by atoms with Crippen molar-refractivity contribution in [1.29, 1.82) is 0 Å². The Morgan fingerprint density at radius 3 is 2.35 bits per heavy atom. The Morgan fingerprint density at radius 2 is 1.73 bits per heavy atom. The molecule has 2 aromatic carbocycles. The largest absolute Gasteiger partial charge is 0.497 e. The van der Waals surface area contributed by atoms with Crippen molar-refractivity contribution in [1.82, 2.24) is 4.90 Å². The third-order valence-electron chi connectivity index (χ3n) is 5.36. The van der Waals surface area contributed by atoms with Gasteiger partial charge in [-0.15, -0.1) is 0 Å². The lowest BCUT2D eigenvalue weighted by Gasteiger charge is -2.48. The number of amides is 1. The standard InChI is InChI=1S/C21H24N2O3/c1-21(2)23(19(14-26-21)15-7-5-4-6-8-15)18-13-22(20(18)24)16-9-11-17(25-3)12-10-16/h4-12,18-19H,13-14H2,1-3H3/t18-,19-/m0/s1. The van der Waals surface area contributed by atoms with Crippen LogP contribution in [0.3, 0.4) is 0 Å². The van der Waals surface area contributed by atoms with E-state index in [9.17, 15) is 4.79 Å². The van der Waals surface area contributed by atoms with Crippen LogP contribution in [0, 0.1) is 0 Å². The van der Waals surface area contributed by atoms with Crippen molar-refractivity contribution in [2.75, 3.05) is 25.2 Å². The molecular weight excluding hydrogens is 328 g/mol. The summed E-state index contributed by atoms with van der Waals surface area (Å²) in [7, 11) is 1.64. The topological polar surface area (TPSA) is 42.0 Å². The van der Waals surface area contributed by atoms with E-state index in [2.05, 4.69) is 17.0 Å². The molecule has 2 aliphatic heterocycles. The van der Waals surface area contributed by atoms with Gasteiger partial charge in [-0.2, -0.15) is 0 Å². The predicted octanol–water partition coefficient (Wildman–Crippen LogP) is 3.22. The molecule has 2 aliphatic rings. The molecule has 0 N–H and O–H groups in total. The number of carbonyl (C=O) groups excluding carboxylic acids is 1. The fourth-order valence-electron chi connectivity index (χ4n) is 3.95. The minimum atomic E-state index is -0.465. The molecule has 0 aromatic heterocycles. The number of benzene rings is 2. The molecule has 2 fully saturated rings. The highest BCUT2D eigenvalue weighted by atomic mass is 16.5. The van der Waals surface area contributed by atoms with Crippen LogP contribution in [0.2, 0.25) is 0 Å². The molecule has 2 saturated heterocycles. The molecule has 0 spiro atoms. The maximum absolute atomic E-state index is 13.0. The minimum absolute atomic E-state index is 0.0955. The summed E-state index contributed by atoms with van der Waals surface area (Å²) in [6, 6.07) is 17.8. The zero-order valence-electron chi connectivity index (χ0n) is 15.4. The lowest BCUT2D eigenvalue weighted by Crippen LogP contribution is -2.67. The van der Waals surface area contributed by atoms with E-state index in [1.54, 1.807) is 7.11 Å². The molecule has 0 unspecified atom stereocenters. The van der Waals surface area contributed by atoms with E-state index in [4.69, 9.17) is 9.47 Å². The molecule has 5 nitrogen and oxygen atoms in total. The first-order chi connectivity index (χ1) is 12.5. The maximum atomic E-state index is 13.0. The van der Waals surface area contributed by atoms with Gasteiger partial charge in [-0.3, -0.25) is 9.69 Å². The van der Waals surface area contributed by atoms with Crippen LogP contribution in [-0.4, -0.2) is 42.8 Å². The monoisotopic (exact) mass is 352 g/mol. The number of hydrogen-bond donors (Lipinski definition) is 0. The summed E-state index contributed by atoms with van der Waals surface area (Å²) in [6.07, 6.45) is 0. The third kappa shape index (κ3) is 2.77. The van der Waals surface area contributed by atoms with Crippen molar-refractivity contribution >= 4 is 11.6 Å². The van der Waals surface area contributed by atoms with Gasteiger partial charge < -0.3 is 14.4 Å². The van der Waals surface area contributed by atoms with E-state index in [1.165, 1.54) is 5.56 Å². The second kappa shape index (κ2) is 6.41. The van der Waals surface area contributed by atoms with E-state index in [0.29, 0.717) is 13.2 Å². The third-order valence-corrected chi connectivity index (χ3v) is 5.36. The predicted molar refractivity (Wildman–Crippen MR) is 100 cm³/mol. The minimum Gasteiger partial charge on any atom is -0.497 e. The molecule has 0 bridgehead atoms. The summed E-state index contributed by atoms with van der Waals surface area (Å²) in [6.45, 7) is 5.35. The zero-order valence-corrected chi connectivity index (χ0v) is 15.4. The molecule has 4 rings (SSSR count). The Hall–Kier alpha value is -2.37. The summed E-state index contributed by atoms with van der Waals surface area (Å²) in [5.41, 5.74) is 1.63. The highest BCUT2D eigenvalue weighted by Crippen LogP contribution is 2.41. The van der Waals surface area contributed by atoms with Crippen molar-refractivity contribution < 1.29 is 14.3 Å². The van der Waals surface area contributed by atoms with E-state index in [1.807, 2.05) is 61.2 Å². The van der Waals surface area contributed by atoms with Gasteiger partial charge in [0.15, 0.2) is 0 Å². The van der Waals surface area contributed by atoms with Crippen LogP contribution >= 0.6 is 0 Å². The van der Waals surface area contributed by atoms with E-state index in [-0.39, 0.29) is 18.0 Å². The first-order valence-electron chi connectivity index (χ1n) is 8.94. The number of methoxy groups -OCH3 is 1. The molecule has 2 heterocycles. The summed E-state index contributed by atoms with van der Waals surface area (Å²) < 4.78 is 11.2. The molecule has 1 amide bonds. The van der Waals surface area contributed by atoms with Gasteiger partial charge in [0, 0.05) is 5.69 Å². The maximum Gasteiger partial charge on any atom is 0.246 e. The van der Waals surface area contributed by atoms with Gasteiger partial charge in [0.05, 0.1) is 26.3 Å². The van der Waals surface area contributed by atoms with Crippen LogP contribution in [-0.2, 0) is 9.53 Å². The second-order valence-electron chi connectivity index (χ2n) is 7.25. The second-order valence-corrected chi connectivity index (χ2v) is 7.25. The fourth-order valence-corrected chi connectivity index (χ4v) is 3.95. The molecule has 2 aromatic rings. The number of carbonyl (C=O) groups is 1. The molecule has 136 valence electrons. The number of rotatable bonds is 4. The van der Waals surface area contributed by atoms with Crippen molar-refractivity contribution in [3.8, 4) is 5.75 Å². The average Bonchev–Trinajstić information content (AvgIpc) is 2.97. The normalized spacial score (nSPS) is 25.2. The average molecular weight is 352 g/mol. The first-order valence-corrected chi connectivity index (χ1v) is 8.94. The Bertz CT molecular complexity index is 789. The number of anilines is 1. The first kappa shape index (κ1) is 17.1. The van der Waals surface area contributed by atoms with Crippen LogP contribution in [0.5, 0.6) is 5.75 Å². The van der Waals surface area contributed by atoms with Crippen molar-refractivity contribution in [2.45, 2.75) is 31.7 Å². The van der Waals surface area contributed by atoms with Gasteiger partial charge >= 0.3 is 0 Å². The summed E-state index contributed by atoms with van der Waals surface area (Å²) in [5, 5.41) is 0. The summed E-state index contributed by atoms with van der Waals surface area (Å²) >= 11 is 0. The molecule has 0 aliphatic carbocycles. The van der Waals surface area contributed by atoms with Gasteiger partial charge in [0.2, 0.25) is 5.91 Å². The highest BCUT2D eigenvalue weighted by Gasteiger charge is 2.53. The van der Waals surface area contributed by atoms with Gasteiger partial charge in [-0.25, -0.2) is 0 Å². The van der Waals surface area contributed by atoms with Gasteiger partial charge in [-0.1, -0.05) is 30.3 Å². The van der Waals surface area contributed by atoms with E-state index in [0.717, 1.165) is 11.4 Å². The molecular formula is C21H24N2O3. The number of β-lactam (4-membered cyclic amide) rings is 1. The Morgan fingerprint density at radius 1 is 1.04 bits per heavy atom. The number of nitrogens with zero attached hydrogens (tertiary/aromatic N) is 2. The van der Waals surface area contributed by atoms with Crippen molar-refractivity contribution in [3.05, 3.63) is 60.2 Å². The van der Waals surface area contributed by atoms with E-state index < -0.39 is 5.72 Å². The Labute approximate surface area is 154 Å². The van der Waals surface area contributed by atoms with Crippen LogP contribution in [0.4, 0.5) is 5.69 Å². The van der Waals surface area contributed by atoms with Gasteiger partial charge in [-0.05, 0) is 43.7 Å².